The highest BCUT2D eigenvalue weighted by molar-refractivity contribution is 6.04. The Morgan fingerprint density at radius 1 is 1.02 bits per heavy atom. The van der Waals surface area contributed by atoms with E-state index in [4.69, 9.17) is 9.40 Å². The molecule has 1 atom stereocenters. The minimum Gasteiger partial charge on any atom is -0.435 e. The van der Waals surface area contributed by atoms with Gasteiger partial charge in [-0.25, -0.2) is 4.98 Å². The predicted octanol–water partition coefficient (Wildman–Crippen LogP) is 6.11. The van der Waals surface area contributed by atoms with E-state index >= 15 is 0 Å². The third-order valence-electron chi connectivity index (χ3n) is 9.48. The molecule has 5 aromatic rings. The Balaban J connectivity index is 1.16. The number of nitriles is 1. The first-order valence-electron chi connectivity index (χ1n) is 16.4. The number of nitrogens with zero attached hydrogens (tertiary/aromatic N) is 5. The number of aromatic nitrogens is 3. The summed E-state index contributed by atoms with van der Waals surface area (Å²) in [6.07, 6.45) is 4.32. The summed E-state index contributed by atoms with van der Waals surface area (Å²) in [5, 5.41) is 30.2. The van der Waals surface area contributed by atoms with Gasteiger partial charge in [-0.2, -0.15) is 10.4 Å². The molecule has 47 heavy (non-hydrogen) atoms. The fourth-order valence-corrected chi connectivity index (χ4v) is 7.03. The van der Waals surface area contributed by atoms with Gasteiger partial charge in [0, 0.05) is 36.9 Å². The van der Waals surface area contributed by atoms with Crippen LogP contribution in [-0.4, -0.2) is 56.9 Å². The lowest BCUT2D eigenvalue weighted by atomic mass is 9.93. The highest BCUT2D eigenvalue weighted by Gasteiger charge is 2.25. The van der Waals surface area contributed by atoms with Crippen molar-refractivity contribution in [2.75, 3.05) is 31.6 Å². The van der Waals surface area contributed by atoms with Gasteiger partial charge >= 0.3 is 0 Å². The predicted molar refractivity (Wildman–Crippen MR) is 181 cm³/mol. The van der Waals surface area contributed by atoms with Crippen molar-refractivity contribution in [3.63, 3.8) is 0 Å². The molecule has 0 spiro atoms. The number of carbonyl (C=O) groups is 1. The van der Waals surface area contributed by atoms with Crippen molar-refractivity contribution in [3.8, 4) is 28.7 Å². The zero-order chi connectivity index (χ0) is 32.5. The number of aliphatic hydroxyl groups is 1. The largest absolute Gasteiger partial charge is 0.435 e. The number of rotatable bonds is 9. The Kier molecular flexibility index (Phi) is 8.60. The highest BCUT2D eigenvalue weighted by Crippen LogP contribution is 2.37. The van der Waals surface area contributed by atoms with Crippen molar-refractivity contribution >= 4 is 22.7 Å². The van der Waals surface area contributed by atoms with E-state index in [1.54, 1.807) is 0 Å². The van der Waals surface area contributed by atoms with Crippen LogP contribution in [0, 0.1) is 25.2 Å². The van der Waals surface area contributed by atoms with Crippen molar-refractivity contribution in [2.45, 2.75) is 58.7 Å². The molecule has 1 fully saturated rings. The van der Waals surface area contributed by atoms with E-state index in [1.807, 2.05) is 67.1 Å². The van der Waals surface area contributed by atoms with E-state index in [1.165, 1.54) is 12.8 Å². The molecule has 240 valence electrons. The van der Waals surface area contributed by atoms with Gasteiger partial charge in [-0.3, -0.25) is 14.4 Å². The molecule has 1 amide bonds. The van der Waals surface area contributed by atoms with Crippen LogP contribution in [0.3, 0.4) is 0 Å². The van der Waals surface area contributed by atoms with Gasteiger partial charge in [-0.05, 0) is 111 Å². The molecule has 0 bridgehead atoms. The first-order valence-corrected chi connectivity index (χ1v) is 16.4. The monoisotopic (exact) mass is 629 g/mol. The van der Waals surface area contributed by atoms with Crippen LogP contribution in [0.2, 0.25) is 0 Å². The fourth-order valence-electron chi connectivity index (χ4n) is 7.03. The SMILES string of the molecule is Cc1c(NC(=O)c2cc3n(n2)CCCC3NCCO)cccc1-c1cccc(-c2nc3cc(CN4CCCC4)cc(C#N)c3o2)c1C. The van der Waals surface area contributed by atoms with Gasteiger partial charge in [0.2, 0.25) is 5.89 Å². The molecule has 1 unspecified atom stereocenters. The molecule has 1 saturated heterocycles. The minimum atomic E-state index is -0.262. The molecule has 2 aromatic heterocycles. The molecule has 7 rings (SSSR count). The molecule has 2 aliphatic heterocycles. The average Bonchev–Trinajstić information content (AvgIpc) is 3.85. The molecular formula is C37H39N7O3. The van der Waals surface area contributed by atoms with E-state index in [9.17, 15) is 15.2 Å². The number of carbonyl (C=O) groups excluding carboxylic acids is 1. The Bertz CT molecular complexity index is 2000. The molecular weight excluding hydrogens is 590 g/mol. The van der Waals surface area contributed by atoms with Gasteiger partial charge < -0.3 is 20.2 Å². The number of hydrogen-bond donors (Lipinski definition) is 3. The number of amides is 1. The van der Waals surface area contributed by atoms with Crippen molar-refractivity contribution in [1.82, 2.24) is 25.0 Å². The summed E-state index contributed by atoms with van der Waals surface area (Å²) < 4.78 is 8.16. The van der Waals surface area contributed by atoms with E-state index in [0.717, 1.165) is 78.1 Å². The number of benzene rings is 3. The van der Waals surface area contributed by atoms with Crippen LogP contribution in [0.25, 0.3) is 33.7 Å². The Morgan fingerprint density at radius 3 is 2.57 bits per heavy atom. The number of likely N-dealkylation sites (tertiary alicyclic amines) is 1. The number of anilines is 1. The Hall–Kier alpha value is -4.82. The lowest BCUT2D eigenvalue weighted by molar-refractivity contribution is 0.102. The normalized spacial score (nSPS) is 16.3. The maximum Gasteiger partial charge on any atom is 0.276 e. The summed E-state index contributed by atoms with van der Waals surface area (Å²) in [4.78, 5) is 20.7. The van der Waals surface area contributed by atoms with E-state index in [0.29, 0.717) is 40.5 Å². The summed E-state index contributed by atoms with van der Waals surface area (Å²) in [6, 6.07) is 20.1. The second kappa shape index (κ2) is 13.1. The summed E-state index contributed by atoms with van der Waals surface area (Å²) in [5.74, 6) is 0.217. The first kappa shape index (κ1) is 30.8. The second-order valence-corrected chi connectivity index (χ2v) is 12.6. The minimum absolute atomic E-state index is 0.0622. The smallest absolute Gasteiger partial charge is 0.276 e. The molecule has 2 aliphatic rings. The van der Waals surface area contributed by atoms with Crippen LogP contribution in [0.4, 0.5) is 5.69 Å². The van der Waals surface area contributed by atoms with Gasteiger partial charge in [-0.15, -0.1) is 0 Å². The van der Waals surface area contributed by atoms with Crippen molar-refractivity contribution in [3.05, 3.63) is 88.2 Å². The van der Waals surface area contributed by atoms with Crippen LogP contribution in [0.5, 0.6) is 0 Å². The molecule has 4 heterocycles. The topological polar surface area (TPSA) is 132 Å². The maximum absolute atomic E-state index is 13.4. The van der Waals surface area contributed by atoms with Crippen LogP contribution in [0.15, 0.2) is 59.0 Å². The third-order valence-corrected chi connectivity index (χ3v) is 9.48. The molecule has 3 N–H and O–H groups in total. The molecule has 3 aromatic carbocycles. The average molecular weight is 630 g/mol. The van der Waals surface area contributed by atoms with E-state index in [-0.39, 0.29) is 18.6 Å². The fraction of sp³-hybridized carbons (Fsp3) is 0.351. The number of nitrogens with one attached hydrogen (secondary N) is 2. The number of hydrogen-bond acceptors (Lipinski definition) is 8. The van der Waals surface area contributed by atoms with Crippen LogP contribution in [-0.2, 0) is 13.1 Å². The Morgan fingerprint density at radius 2 is 1.79 bits per heavy atom. The zero-order valence-corrected chi connectivity index (χ0v) is 26.8. The van der Waals surface area contributed by atoms with Crippen LogP contribution in [0.1, 0.15) is 70.2 Å². The standard InChI is InChI=1S/C37H39N7O3/c1-23-27(8-5-10-29(23)37-41-32-19-25(22-43-14-3-4-15-43)18-26(21-38)35(32)47-37)28-9-6-11-30(24(28)2)40-36(46)33-20-34-31(39-13-17-45)12-7-16-44(34)42-33/h5-6,8-11,18-20,31,39,45H,3-4,7,12-17,22H2,1-2H3,(H,40,46). The number of fused-ring (bicyclic) bond motifs is 2. The lowest BCUT2D eigenvalue weighted by Gasteiger charge is -2.24. The quantitative estimate of drug-likeness (QED) is 0.178. The summed E-state index contributed by atoms with van der Waals surface area (Å²) >= 11 is 0. The van der Waals surface area contributed by atoms with Crippen molar-refractivity contribution in [1.29, 1.82) is 5.26 Å². The summed E-state index contributed by atoms with van der Waals surface area (Å²) in [5.41, 5.74) is 9.59. The van der Waals surface area contributed by atoms with Crippen molar-refractivity contribution < 1.29 is 14.3 Å². The number of oxazole rings is 1. The number of aliphatic hydroxyl groups excluding tert-OH is 1. The van der Waals surface area contributed by atoms with Gasteiger partial charge in [0.05, 0.1) is 17.9 Å². The van der Waals surface area contributed by atoms with Crippen molar-refractivity contribution in [2.24, 2.45) is 0 Å². The third kappa shape index (κ3) is 6.05. The summed E-state index contributed by atoms with van der Waals surface area (Å²) in [7, 11) is 0. The van der Waals surface area contributed by atoms with Gasteiger partial charge in [0.1, 0.15) is 11.6 Å². The number of aryl methyl sites for hydroxylation is 1. The van der Waals surface area contributed by atoms with Crippen LogP contribution < -0.4 is 10.6 Å². The van der Waals surface area contributed by atoms with Gasteiger partial charge in [0.25, 0.3) is 5.91 Å². The zero-order valence-electron chi connectivity index (χ0n) is 26.8. The molecule has 10 nitrogen and oxygen atoms in total. The lowest BCUT2D eigenvalue weighted by Crippen LogP contribution is -2.29. The highest BCUT2D eigenvalue weighted by atomic mass is 16.3. The van der Waals surface area contributed by atoms with E-state index in [2.05, 4.69) is 32.8 Å². The molecule has 0 saturated carbocycles. The second-order valence-electron chi connectivity index (χ2n) is 12.6. The molecule has 0 aliphatic carbocycles. The molecule has 10 heteroatoms. The van der Waals surface area contributed by atoms with Crippen LogP contribution >= 0.6 is 0 Å². The Labute approximate surface area is 274 Å². The van der Waals surface area contributed by atoms with Gasteiger partial charge in [0.15, 0.2) is 11.3 Å². The van der Waals surface area contributed by atoms with E-state index < -0.39 is 0 Å². The van der Waals surface area contributed by atoms with Gasteiger partial charge in [-0.1, -0.05) is 24.3 Å². The maximum atomic E-state index is 13.4. The first-order chi connectivity index (χ1) is 22.9. The summed E-state index contributed by atoms with van der Waals surface area (Å²) in [6.45, 7) is 8.34. The molecule has 0 radical (unpaired) electrons.